The summed E-state index contributed by atoms with van der Waals surface area (Å²) in [6, 6.07) is 17.5. The molecule has 1 saturated carbocycles. The van der Waals surface area contributed by atoms with Gasteiger partial charge in [0.25, 0.3) is 0 Å². The summed E-state index contributed by atoms with van der Waals surface area (Å²) in [5.74, 6) is -1.12. The highest BCUT2D eigenvalue weighted by molar-refractivity contribution is 6.84. The average molecular weight is 816 g/mol. The van der Waals surface area contributed by atoms with Crippen LogP contribution >= 0.6 is 0 Å². The largest absolute Gasteiger partial charge is 0.459 e. The molecule has 0 radical (unpaired) electrons. The van der Waals surface area contributed by atoms with Crippen molar-refractivity contribution >= 4 is 37.4 Å². The van der Waals surface area contributed by atoms with Gasteiger partial charge in [-0.05, 0) is 58.0 Å². The predicted octanol–water partition coefficient (Wildman–Crippen LogP) is 8.08. The van der Waals surface area contributed by atoms with Gasteiger partial charge in [0.05, 0.1) is 24.6 Å². The van der Waals surface area contributed by atoms with Crippen LogP contribution in [0.5, 0.6) is 0 Å². The molecule has 0 unspecified atom stereocenters. The number of ether oxygens (including phenoxy) is 2. The Morgan fingerprint density at radius 3 is 1.98 bits per heavy atom. The number of hydrogen-bond donors (Lipinski definition) is 2. The first-order chi connectivity index (χ1) is 25.6. The van der Waals surface area contributed by atoms with Crippen molar-refractivity contribution in [2.75, 3.05) is 6.61 Å². The van der Waals surface area contributed by atoms with Crippen LogP contribution in [-0.2, 0) is 43.1 Å². The molecule has 2 aromatic rings. The van der Waals surface area contributed by atoms with Crippen molar-refractivity contribution < 1.29 is 46.4 Å². The lowest BCUT2D eigenvalue weighted by Crippen LogP contribution is -2.72. The third kappa shape index (κ3) is 7.97. The van der Waals surface area contributed by atoms with E-state index in [-0.39, 0.29) is 40.2 Å². The third-order valence-corrected chi connectivity index (χ3v) is 27.1. The van der Waals surface area contributed by atoms with E-state index in [2.05, 4.69) is 94.7 Å². The number of rotatable bonds is 13. The summed E-state index contributed by atoms with van der Waals surface area (Å²) in [5.41, 5.74) is 0.506. The van der Waals surface area contributed by atoms with Gasteiger partial charge in [0.2, 0.25) is 0 Å². The molecule has 2 N–H and O–H groups in total. The molecule has 2 aromatic carbocycles. The number of carbonyl (C=O) groups excluding carboxylic acids is 2. The number of esters is 2. The lowest BCUT2D eigenvalue weighted by atomic mass is 9.83. The van der Waals surface area contributed by atoms with Crippen molar-refractivity contribution in [3.63, 3.8) is 0 Å². The summed E-state index contributed by atoms with van der Waals surface area (Å²) in [6.07, 6.45) is -3.78. The third-order valence-electron chi connectivity index (χ3n) is 12.4. The second-order valence-electron chi connectivity index (χ2n) is 18.4. The maximum absolute atomic E-state index is 13.9. The standard InChI is InChI=1S/C41H65NO10Si3/c1-27(2)54(28(3)4)50-38-40(45,26-46-37(44)32-22-18-15-19-23-32)35(49-53(12,13)39(9,10)11)36-41(38,51-55(52-54,29(5)6)30(7)8)33(24-34(43)48-36)42-47-25-31-20-16-14-17-21-31/h14-23,27-30,33,35-36,38,42,45H,24-26H2,1-13H3/t33-,35-,36-,38+,40+,41+/m1/s1. The van der Waals surface area contributed by atoms with Crippen LogP contribution in [0, 0.1) is 0 Å². The number of aliphatic hydroxyl groups is 1. The van der Waals surface area contributed by atoms with Crippen molar-refractivity contribution in [3.05, 3.63) is 71.8 Å². The zero-order chi connectivity index (χ0) is 40.8. The lowest BCUT2D eigenvalue weighted by molar-refractivity contribution is -0.210. The van der Waals surface area contributed by atoms with Gasteiger partial charge in [0.15, 0.2) is 20.0 Å². The first kappa shape index (κ1) is 43.9. The molecule has 0 bridgehead atoms. The summed E-state index contributed by atoms with van der Waals surface area (Å²) in [6.45, 7) is 27.1. The Bertz CT molecular complexity index is 1620. The van der Waals surface area contributed by atoms with Gasteiger partial charge in [0.1, 0.15) is 24.4 Å². The van der Waals surface area contributed by atoms with Crippen LogP contribution in [0.15, 0.2) is 60.7 Å². The quantitative estimate of drug-likeness (QED) is 0.116. The summed E-state index contributed by atoms with van der Waals surface area (Å²) in [7, 11) is -9.59. The summed E-state index contributed by atoms with van der Waals surface area (Å²) < 4.78 is 42.8. The van der Waals surface area contributed by atoms with Gasteiger partial charge in [-0.25, -0.2) is 4.79 Å². The molecule has 1 aliphatic carbocycles. The first-order valence-corrected chi connectivity index (χ1v) is 26.7. The minimum Gasteiger partial charge on any atom is -0.459 e. The van der Waals surface area contributed by atoms with Crippen molar-refractivity contribution in [1.82, 2.24) is 5.48 Å². The van der Waals surface area contributed by atoms with Crippen LogP contribution in [-0.4, -0.2) is 84.6 Å². The first-order valence-electron chi connectivity index (χ1n) is 19.9. The number of benzene rings is 2. The number of nitrogens with one attached hydrogen (secondary N) is 1. The molecule has 0 aromatic heterocycles. The summed E-state index contributed by atoms with van der Waals surface area (Å²) in [5, 5.41) is 13.4. The molecule has 6 atom stereocenters. The van der Waals surface area contributed by atoms with Crippen molar-refractivity contribution in [3.8, 4) is 0 Å². The molecule has 55 heavy (non-hydrogen) atoms. The zero-order valence-electron chi connectivity index (χ0n) is 35.1. The van der Waals surface area contributed by atoms with E-state index in [1.165, 1.54) is 0 Å². The van der Waals surface area contributed by atoms with Crippen LogP contribution in [0.4, 0.5) is 0 Å². The van der Waals surface area contributed by atoms with Gasteiger partial charge >= 0.3 is 29.1 Å². The molecule has 2 aliphatic heterocycles. The fraction of sp³-hybridized carbons (Fsp3) is 0.659. The van der Waals surface area contributed by atoms with E-state index >= 15 is 0 Å². The van der Waals surface area contributed by atoms with E-state index in [4.69, 9.17) is 31.7 Å². The fourth-order valence-electron chi connectivity index (χ4n) is 8.27. The van der Waals surface area contributed by atoms with E-state index < -0.39 is 79.5 Å². The van der Waals surface area contributed by atoms with E-state index in [0.29, 0.717) is 5.56 Å². The maximum Gasteiger partial charge on any atom is 0.338 e. The number of hydrogen-bond acceptors (Lipinski definition) is 11. The Hall–Kier alpha value is -2.25. The zero-order valence-corrected chi connectivity index (χ0v) is 38.1. The molecular formula is C41H65NO10Si3. The SMILES string of the molecule is CC(C)[Si]1(C(C)C)O[C@H]2[C@](O)(COC(=O)c3ccccc3)[C@H](O[Si](C)(C)C(C)(C)C)[C@H]3OC(=O)C[C@@H](NOCc4ccccc4)[C@]32O[Si](C(C)C)(C(C)C)O1. The van der Waals surface area contributed by atoms with Gasteiger partial charge in [-0.1, -0.05) is 125 Å². The molecule has 2 heterocycles. The van der Waals surface area contributed by atoms with Gasteiger partial charge in [-0.2, -0.15) is 5.48 Å². The molecular weight excluding hydrogens is 751 g/mol. The second kappa shape index (κ2) is 16.2. The smallest absolute Gasteiger partial charge is 0.338 e. The highest BCUT2D eigenvalue weighted by Gasteiger charge is 2.81. The van der Waals surface area contributed by atoms with E-state index in [0.717, 1.165) is 5.56 Å². The minimum absolute atomic E-state index is 0.0814. The Balaban J connectivity index is 1.79. The Kier molecular flexibility index (Phi) is 12.9. The highest BCUT2D eigenvalue weighted by Crippen LogP contribution is 2.60. The second-order valence-corrected chi connectivity index (χ2v) is 31.9. The predicted molar refractivity (Wildman–Crippen MR) is 218 cm³/mol. The molecule has 5 rings (SSSR count). The van der Waals surface area contributed by atoms with Crippen LogP contribution in [0.1, 0.15) is 98.5 Å². The molecule has 2 saturated heterocycles. The Morgan fingerprint density at radius 2 is 1.45 bits per heavy atom. The van der Waals surface area contributed by atoms with Crippen LogP contribution in [0.25, 0.3) is 0 Å². The number of carbonyl (C=O) groups is 2. The maximum atomic E-state index is 13.9. The highest BCUT2D eigenvalue weighted by atomic mass is 28.5. The van der Waals surface area contributed by atoms with Crippen molar-refractivity contribution in [1.29, 1.82) is 0 Å². The molecule has 3 fully saturated rings. The molecule has 14 heteroatoms. The monoisotopic (exact) mass is 815 g/mol. The van der Waals surface area contributed by atoms with E-state index in [1.54, 1.807) is 24.3 Å². The Morgan fingerprint density at radius 1 is 0.909 bits per heavy atom. The lowest BCUT2D eigenvalue weighted by Gasteiger charge is -2.52. The molecule has 1 spiro atoms. The fourth-order valence-corrected chi connectivity index (χ4v) is 21.1. The topological polar surface area (TPSA) is 131 Å². The summed E-state index contributed by atoms with van der Waals surface area (Å²) in [4.78, 5) is 33.8. The van der Waals surface area contributed by atoms with Crippen molar-refractivity contribution in [2.45, 2.75) is 165 Å². The van der Waals surface area contributed by atoms with Crippen LogP contribution in [0.2, 0.25) is 40.3 Å². The number of hydroxylamine groups is 1. The molecule has 3 aliphatic rings. The van der Waals surface area contributed by atoms with E-state index in [1.807, 2.05) is 36.4 Å². The van der Waals surface area contributed by atoms with Gasteiger partial charge in [0, 0.05) is 0 Å². The van der Waals surface area contributed by atoms with Crippen LogP contribution < -0.4 is 5.48 Å². The van der Waals surface area contributed by atoms with Gasteiger partial charge in [-0.15, -0.1) is 0 Å². The summed E-state index contributed by atoms with van der Waals surface area (Å²) >= 11 is 0. The Labute approximate surface area is 331 Å². The van der Waals surface area contributed by atoms with Gasteiger partial charge < -0.3 is 32.0 Å². The minimum atomic E-state index is -3.42. The average Bonchev–Trinajstić information content (AvgIpc) is 3.20. The molecule has 306 valence electrons. The molecule has 0 amide bonds. The van der Waals surface area contributed by atoms with Crippen molar-refractivity contribution in [2.24, 2.45) is 0 Å². The van der Waals surface area contributed by atoms with Gasteiger partial charge in [-0.3, -0.25) is 9.63 Å². The van der Waals surface area contributed by atoms with E-state index in [9.17, 15) is 14.7 Å². The normalized spacial score (nSPS) is 29.2. The molecule has 11 nitrogen and oxygen atoms in total. The van der Waals surface area contributed by atoms with Crippen LogP contribution in [0.3, 0.4) is 0 Å².